The molecule has 2 fully saturated rings. The van der Waals surface area contributed by atoms with E-state index in [2.05, 4.69) is 5.32 Å². The molecule has 0 saturated carbocycles. The topological polar surface area (TPSA) is 52.7 Å². The Hall–Kier alpha value is -1.88. The van der Waals surface area contributed by atoms with Gasteiger partial charge in [0.25, 0.3) is 5.91 Å². The van der Waals surface area contributed by atoms with Crippen molar-refractivity contribution in [1.29, 1.82) is 0 Å². The van der Waals surface area contributed by atoms with Gasteiger partial charge in [0.1, 0.15) is 0 Å². The van der Waals surface area contributed by atoms with E-state index in [0.29, 0.717) is 17.9 Å². The molecule has 2 aliphatic rings. The van der Waals surface area contributed by atoms with Crippen LogP contribution in [0.1, 0.15) is 36.0 Å². The van der Waals surface area contributed by atoms with Crippen LogP contribution < -0.4 is 10.2 Å². The molecule has 1 atom stereocenters. The fourth-order valence-corrected chi connectivity index (χ4v) is 3.52. The average Bonchev–Trinajstić information content (AvgIpc) is 3.04. The second-order valence-corrected chi connectivity index (χ2v) is 6.51. The van der Waals surface area contributed by atoms with E-state index in [1.165, 1.54) is 0 Å². The predicted octanol–water partition coefficient (Wildman–Crippen LogP) is 1.88. The van der Waals surface area contributed by atoms with Crippen molar-refractivity contribution in [1.82, 2.24) is 10.2 Å². The molecule has 0 radical (unpaired) electrons. The zero-order valence-electron chi connectivity index (χ0n) is 13.8. The number of benzene rings is 1. The highest BCUT2D eigenvalue weighted by Gasteiger charge is 2.26. The molecule has 2 aliphatic heterocycles. The summed E-state index contributed by atoms with van der Waals surface area (Å²) in [6.45, 7) is 3.40. The Morgan fingerprint density at radius 3 is 2.70 bits per heavy atom. The van der Waals surface area contributed by atoms with Crippen molar-refractivity contribution in [2.24, 2.45) is 5.92 Å². The first kappa shape index (κ1) is 16.0. The summed E-state index contributed by atoms with van der Waals surface area (Å²) in [4.78, 5) is 28.3. The molecular formula is C18H25N3O2. The maximum absolute atomic E-state index is 12.6. The molecule has 2 amide bonds. The first-order valence-corrected chi connectivity index (χ1v) is 8.53. The van der Waals surface area contributed by atoms with Crippen LogP contribution >= 0.6 is 0 Å². The number of anilines is 1. The molecule has 0 aliphatic carbocycles. The third-order valence-electron chi connectivity index (χ3n) is 4.82. The second-order valence-electron chi connectivity index (χ2n) is 6.51. The van der Waals surface area contributed by atoms with Gasteiger partial charge in [-0.25, -0.2) is 0 Å². The van der Waals surface area contributed by atoms with Gasteiger partial charge < -0.3 is 15.1 Å². The Labute approximate surface area is 137 Å². The molecule has 23 heavy (non-hydrogen) atoms. The van der Waals surface area contributed by atoms with E-state index in [0.717, 1.165) is 51.1 Å². The van der Waals surface area contributed by atoms with E-state index in [4.69, 9.17) is 0 Å². The number of piperidine rings is 1. The van der Waals surface area contributed by atoms with Crippen LogP contribution in [0.5, 0.6) is 0 Å². The van der Waals surface area contributed by atoms with Crippen LogP contribution in [0.3, 0.4) is 0 Å². The van der Waals surface area contributed by atoms with E-state index in [1.807, 2.05) is 41.1 Å². The minimum absolute atomic E-state index is 0.0973. The molecule has 1 aromatic carbocycles. The monoisotopic (exact) mass is 315 g/mol. The van der Waals surface area contributed by atoms with Gasteiger partial charge in [0.2, 0.25) is 5.91 Å². The number of nitrogens with one attached hydrogen (secondary N) is 1. The summed E-state index contributed by atoms with van der Waals surface area (Å²) in [6.07, 6.45) is 3.72. The molecule has 0 aromatic heterocycles. The maximum Gasteiger partial charge on any atom is 0.253 e. The van der Waals surface area contributed by atoms with Crippen molar-refractivity contribution >= 4 is 17.5 Å². The van der Waals surface area contributed by atoms with E-state index >= 15 is 0 Å². The van der Waals surface area contributed by atoms with Crippen LogP contribution in [-0.2, 0) is 4.79 Å². The van der Waals surface area contributed by atoms with Crippen molar-refractivity contribution in [2.45, 2.75) is 25.7 Å². The molecule has 0 spiro atoms. The Bertz CT molecular complexity index is 570. The largest absolute Gasteiger partial charge is 0.338 e. The molecule has 5 nitrogen and oxygen atoms in total. The van der Waals surface area contributed by atoms with Crippen molar-refractivity contribution in [2.75, 3.05) is 38.1 Å². The zero-order chi connectivity index (χ0) is 16.2. The zero-order valence-corrected chi connectivity index (χ0v) is 13.8. The van der Waals surface area contributed by atoms with Crippen LogP contribution in [0.25, 0.3) is 0 Å². The minimum atomic E-state index is 0.0973. The maximum atomic E-state index is 12.6. The lowest BCUT2D eigenvalue weighted by molar-refractivity contribution is -0.119. The second kappa shape index (κ2) is 7.13. The molecule has 2 heterocycles. The molecule has 124 valence electrons. The molecule has 0 unspecified atom stereocenters. The Morgan fingerprint density at radius 2 is 2.00 bits per heavy atom. The number of amides is 2. The molecule has 2 saturated heterocycles. The highest BCUT2D eigenvalue weighted by Crippen LogP contribution is 2.23. The molecule has 1 N–H and O–H groups in total. The fraction of sp³-hybridized carbons (Fsp3) is 0.556. The molecule has 1 aromatic rings. The van der Waals surface area contributed by atoms with Crippen LogP contribution in [0.4, 0.5) is 5.69 Å². The number of likely N-dealkylation sites (tertiary alicyclic amines) is 1. The minimum Gasteiger partial charge on any atom is -0.338 e. The quantitative estimate of drug-likeness (QED) is 0.923. The lowest BCUT2D eigenvalue weighted by Crippen LogP contribution is -2.35. The average molecular weight is 315 g/mol. The van der Waals surface area contributed by atoms with E-state index in [9.17, 15) is 9.59 Å². The first-order valence-electron chi connectivity index (χ1n) is 8.53. The van der Waals surface area contributed by atoms with Gasteiger partial charge in [-0.15, -0.1) is 0 Å². The first-order chi connectivity index (χ1) is 11.2. The van der Waals surface area contributed by atoms with Crippen LogP contribution in [0.2, 0.25) is 0 Å². The Balaban J connectivity index is 1.65. The van der Waals surface area contributed by atoms with Gasteiger partial charge >= 0.3 is 0 Å². The SMILES string of the molecule is CNC[C@@H]1CCN(C(=O)c2ccc(N3CCCCC3=O)cc2)C1. The summed E-state index contributed by atoms with van der Waals surface area (Å²) >= 11 is 0. The lowest BCUT2D eigenvalue weighted by atomic mass is 10.1. The lowest BCUT2D eigenvalue weighted by Gasteiger charge is -2.27. The van der Waals surface area contributed by atoms with Crippen molar-refractivity contribution in [3.8, 4) is 0 Å². The van der Waals surface area contributed by atoms with Crippen molar-refractivity contribution in [3.63, 3.8) is 0 Å². The third kappa shape index (κ3) is 3.55. The summed E-state index contributed by atoms with van der Waals surface area (Å²) in [7, 11) is 1.95. The van der Waals surface area contributed by atoms with Crippen LogP contribution in [0, 0.1) is 5.92 Å². The highest BCUT2D eigenvalue weighted by molar-refractivity contribution is 5.97. The summed E-state index contributed by atoms with van der Waals surface area (Å²) in [5.74, 6) is 0.832. The van der Waals surface area contributed by atoms with Gasteiger partial charge in [0.15, 0.2) is 0 Å². The number of carbonyl (C=O) groups excluding carboxylic acids is 2. The molecular weight excluding hydrogens is 290 g/mol. The smallest absolute Gasteiger partial charge is 0.253 e. The van der Waals surface area contributed by atoms with E-state index in [-0.39, 0.29) is 11.8 Å². The fourth-order valence-electron chi connectivity index (χ4n) is 3.52. The molecule has 3 rings (SSSR count). The van der Waals surface area contributed by atoms with Gasteiger partial charge in [0.05, 0.1) is 0 Å². The summed E-state index contributed by atoms with van der Waals surface area (Å²) in [5, 5.41) is 3.18. The highest BCUT2D eigenvalue weighted by atomic mass is 16.2. The Morgan fingerprint density at radius 1 is 1.22 bits per heavy atom. The number of hydrogen-bond donors (Lipinski definition) is 1. The number of nitrogens with zero attached hydrogens (tertiary/aromatic N) is 2. The van der Waals surface area contributed by atoms with Crippen LogP contribution in [-0.4, -0.2) is 49.9 Å². The van der Waals surface area contributed by atoms with Gasteiger partial charge in [-0.2, -0.15) is 0 Å². The van der Waals surface area contributed by atoms with Gasteiger partial charge in [-0.1, -0.05) is 0 Å². The van der Waals surface area contributed by atoms with Crippen LogP contribution in [0.15, 0.2) is 24.3 Å². The summed E-state index contributed by atoms with van der Waals surface area (Å²) in [6, 6.07) is 7.51. The van der Waals surface area contributed by atoms with Gasteiger partial charge in [-0.05, 0) is 63.0 Å². The summed E-state index contributed by atoms with van der Waals surface area (Å²) in [5.41, 5.74) is 1.61. The number of rotatable bonds is 4. The Kier molecular flexibility index (Phi) is 4.96. The number of hydrogen-bond acceptors (Lipinski definition) is 3. The van der Waals surface area contributed by atoms with Gasteiger partial charge in [0, 0.05) is 37.3 Å². The normalized spacial score (nSPS) is 21.8. The molecule has 5 heteroatoms. The summed E-state index contributed by atoms with van der Waals surface area (Å²) < 4.78 is 0. The molecule has 0 bridgehead atoms. The van der Waals surface area contributed by atoms with Crippen molar-refractivity contribution in [3.05, 3.63) is 29.8 Å². The third-order valence-corrected chi connectivity index (χ3v) is 4.82. The number of carbonyl (C=O) groups is 2. The van der Waals surface area contributed by atoms with Crippen molar-refractivity contribution < 1.29 is 9.59 Å². The van der Waals surface area contributed by atoms with E-state index < -0.39 is 0 Å². The van der Waals surface area contributed by atoms with Gasteiger partial charge in [-0.3, -0.25) is 9.59 Å². The predicted molar refractivity (Wildman–Crippen MR) is 90.6 cm³/mol. The van der Waals surface area contributed by atoms with E-state index in [1.54, 1.807) is 0 Å². The standard InChI is InChI=1S/C18H25N3O2/c1-19-12-14-9-11-20(13-14)18(23)15-5-7-16(8-6-15)21-10-3-2-4-17(21)22/h5-8,14,19H,2-4,9-13H2,1H3/t14-/m0/s1.